The summed E-state index contributed by atoms with van der Waals surface area (Å²) in [5, 5.41) is 0.140. The van der Waals surface area contributed by atoms with Crippen LogP contribution in [0, 0.1) is 17.8 Å². The number of carbonyl (C=O) groups is 1. The molecular formula is C42H56ClN3O6SSi. The molecule has 2 saturated carbocycles. The number of esters is 1. The van der Waals surface area contributed by atoms with E-state index in [9.17, 15) is 13.2 Å². The molecule has 9 nitrogen and oxygen atoms in total. The van der Waals surface area contributed by atoms with Gasteiger partial charge in [-0.1, -0.05) is 44.9 Å². The third kappa shape index (κ3) is 7.59. The Labute approximate surface area is 327 Å². The molecule has 0 amide bonds. The molecule has 0 bridgehead atoms. The highest BCUT2D eigenvalue weighted by Crippen LogP contribution is 2.51. The first-order valence-electron chi connectivity index (χ1n) is 19.7. The molecule has 2 aromatic carbocycles. The number of hydrogen-bond donors (Lipinski definition) is 0. The molecular weight excluding hydrogens is 738 g/mol. The summed E-state index contributed by atoms with van der Waals surface area (Å²) >= 11 is 6.51. The van der Waals surface area contributed by atoms with Gasteiger partial charge in [0.05, 0.1) is 36.3 Å². The molecule has 1 aliphatic heterocycles. The van der Waals surface area contributed by atoms with Gasteiger partial charge in [-0.05, 0) is 135 Å². The molecule has 7 rings (SSSR count). The average Bonchev–Trinajstić information content (AvgIpc) is 3.29. The highest BCUT2D eigenvalue weighted by atomic mass is 35.5. The maximum absolute atomic E-state index is 13.9. The predicted octanol–water partition coefficient (Wildman–Crippen LogP) is 8.84. The highest BCUT2D eigenvalue weighted by Gasteiger charge is 2.50. The Kier molecular flexibility index (Phi) is 11.0. The summed E-state index contributed by atoms with van der Waals surface area (Å²) in [4.78, 5) is 23.6. The molecule has 12 heteroatoms. The van der Waals surface area contributed by atoms with Crippen molar-refractivity contribution in [3.05, 3.63) is 76.6 Å². The molecule has 2 fully saturated rings. The molecule has 1 aromatic heterocycles. The molecule has 0 saturated heterocycles. The number of hydrogen-bond acceptors (Lipinski definition) is 9. The van der Waals surface area contributed by atoms with Crippen LogP contribution in [0.1, 0.15) is 93.6 Å². The molecule has 0 radical (unpaired) electrons. The molecule has 54 heavy (non-hydrogen) atoms. The molecule has 3 aliphatic carbocycles. The minimum absolute atomic E-state index is 0.00246. The van der Waals surface area contributed by atoms with Gasteiger partial charge in [-0.15, -0.1) is 0 Å². The monoisotopic (exact) mass is 793 g/mol. The number of aromatic nitrogens is 2. The second kappa shape index (κ2) is 15.2. The van der Waals surface area contributed by atoms with Crippen LogP contribution in [0.15, 0.2) is 60.0 Å². The van der Waals surface area contributed by atoms with E-state index in [1.165, 1.54) is 30.6 Å². The fourth-order valence-corrected chi connectivity index (χ4v) is 12.6. The van der Waals surface area contributed by atoms with Crippen LogP contribution in [-0.4, -0.2) is 70.8 Å². The van der Waals surface area contributed by atoms with Crippen LogP contribution in [0.25, 0.3) is 0 Å². The first kappa shape index (κ1) is 39.2. The maximum atomic E-state index is 13.9. The standard InChI is InChI=1S/C42H56ClN3O6SSi/c1-41(2,3)54(5,6)52-38(29-10-7-12-33(23-29)53(48,49)40-44-20-9-21-45-40)34-16-13-31(34)25-46-26-42(19-8-11-28-22-32(43)15-17-35(28)42)27-51-37-18-14-30(24-36(37)46)39(47)50-4/h9,14-15,17-18,20-22,24,29,31,33-34,38H,7-8,10-13,16,19,23,25-27H2,1-6H3/t29-,31+,33-,34-,38?,42+/m1/s1. The lowest BCUT2D eigenvalue weighted by molar-refractivity contribution is -0.0227. The summed E-state index contributed by atoms with van der Waals surface area (Å²) in [7, 11) is -4.51. The van der Waals surface area contributed by atoms with Gasteiger partial charge >= 0.3 is 5.97 Å². The first-order valence-corrected chi connectivity index (χ1v) is 24.5. The lowest BCUT2D eigenvalue weighted by Crippen LogP contribution is -2.54. The highest BCUT2D eigenvalue weighted by molar-refractivity contribution is 7.91. The Hall–Kier alpha value is -2.99. The van der Waals surface area contributed by atoms with Gasteiger partial charge in [-0.25, -0.2) is 23.2 Å². The maximum Gasteiger partial charge on any atom is 0.337 e. The van der Waals surface area contributed by atoms with E-state index in [4.69, 9.17) is 25.5 Å². The van der Waals surface area contributed by atoms with Crippen LogP contribution in [0.4, 0.5) is 5.69 Å². The van der Waals surface area contributed by atoms with E-state index in [1.54, 1.807) is 12.1 Å². The van der Waals surface area contributed by atoms with Gasteiger partial charge in [0, 0.05) is 35.9 Å². The molecule has 6 atom stereocenters. The van der Waals surface area contributed by atoms with Gasteiger partial charge in [-0.2, -0.15) is 0 Å². The largest absolute Gasteiger partial charge is 0.490 e. The van der Waals surface area contributed by atoms with Crippen molar-refractivity contribution in [1.29, 1.82) is 0 Å². The number of benzene rings is 2. The fraction of sp³-hybridized carbons (Fsp3) is 0.595. The quantitative estimate of drug-likeness (QED) is 0.119. The number of sulfone groups is 1. The Balaban J connectivity index is 1.23. The number of fused-ring (bicyclic) bond motifs is 3. The van der Waals surface area contributed by atoms with Crippen molar-refractivity contribution in [1.82, 2.24) is 9.97 Å². The SMILES string of the molecule is COC(=O)c1ccc2c(c1)N(C[C@@H]1CC[C@H]1C(O[Si](C)(C)C(C)(C)C)[C@@H]1CCC[C@@H](S(=O)(=O)c3ncccn3)C1)C[C@@]1(CCCc3cc(Cl)ccc31)CO2. The summed E-state index contributed by atoms with van der Waals surface area (Å²) in [6, 6.07) is 13.6. The van der Waals surface area contributed by atoms with Gasteiger partial charge in [0.25, 0.3) is 0 Å². The first-order chi connectivity index (χ1) is 25.6. The van der Waals surface area contributed by atoms with Crippen molar-refractivity contribution in [2.24, 2.45) is 17.8 Å². The topological polar surface area (TPSA) is 108 Å². The van der Waals surface area contributed by atoms with Gasteiger partial charge in [0.1, 0.15) is 5.75 Å². The van der Waals surface area contributed by atoms with Crippen molar-refractivity contribution in [3.63, 3.8) is 0 Å². The summed E-state index contributed by atoms with van der Waals surface area (Å²) in [5.41, 5.74) is 3.74. The van der Waals surface area contributed by atoms with E-state index in [-0.39, 0.29) is 39.5 Å². The van der Waals surface area contributed by atoms with Crippen LogP contribution >= 0.6 is 11.6 Å². The van der Waals surface area contributed by atoms with E-state index in [0.717, 1.165) is 74.5 Å². The number of halogens is 1. The molecule has 292 valence electrons. The molecule has 1 unspecified atom stereocenters. The van der Waals surface area contributed by atoms with Crippen molar-refractivity contribution in [2.75, 3.05) is 31.7 Å². The number of rotatable bonds is 9. The number of methoxy groups -OCH3 is 1. The van der Waals surface area contributed by atoms with Crippen LogP contribution < -0.4 is 9.64 Å². The van der Waals surface area contributed by atoms with Crippen molar-refractivity contribution < 1.29 is 27.1 Å². The van der Waals surface area contributed by atoms with Gasteiger partial charge in [0.2, 0.25) is 15.0 Å². The Morgan fingerprint density at radius 2 is 1.85 bits per heavy atom. The van der Waals surface area contributed by atoms with E-state index < -0.39 is 23.4 Å². The zero-order valence-electron chi connectivity index (χ0n) is 32.6. The Morgan fingerprint density at radius 3 is 2.56 bits per heavy atom. The van der Waals surface area contributed by atoms with Crippen molar-refractivity contribution in [2.45, 2.75) is 119 Å². The van der Waals surface area contributed by atoms with E-state index in [0.29, 0.717) is 30.9 Å². The fourth-order valence-electron chi connectivity index (χ4n) is 9.29. The summed E-state index contributed by atoms with van der Waals surface area (Å²) in [6.07, 6.45) is 11.0. The molecule has 3 aromatic rings. The summed E-state index contributed by atoms with van der Waals surface area (Å²) in [6.45, 7) is 13.5. The zero-order valence-corrected chi connectivity index (χ0v) is 35.2. The third-order valence-electron chi connectivity index (χ3n) is 13.4. The summed E-state index contributed by atoms with van der Waals surface area (Å²) < 4.78 is 47.0. The minimum atomic E-state index is -3.68. The number of ether oxygens (including phenoxy) is 2. The lowest BCUT2D eigenvalue weighted by Gasteiger charge is -2.52. The van der Waals surface area contributed by atoms with E-state index in [1.807, 2.05) is 18.2 Å². The van der Waals surface area contributed by atoms with Crippen molar-refractivity contribution in [3.8, 4) is 5.75 Å². The van der Waals surface area contributed by atoms with Gasteiger partial charge < -0.3 is 18.8 Å². The zero-order chi connectivity index (χ0) is 38.5. The van der Waals surface area contributed by atoms with Gasteiger partial charge in [-0.3, -0.25) is 0 Å². The smallest absolute Gasteiger partial charge is 0.337 e. The minimum Gasteiger partial charge on any atom is -0.490 e. The second-order valence-corrected chi connectivity index (χ2v) is 25.1. The van der Waals surface area contributed by atoms with Crippen LogP contribution in [0.5, 0.6) is 5.75 Å². The second-order valence-electron chi connectivity index (χ2n) is 17.7. The van der Waals surface area contributed by atoms with Crippen LogP contribution in [0.2, 0.25) is 23.2 Å². The Morgan fingerprint density at radius 1 is 1.07 bits per heavy atom. The van der Waals surface area contributed by atoms with Crippen LogP contribution in [-0.2, 0) is 30.8 Å². The van der Waals surface area contributed by atoms with Gasteiger partial charge in [0.15, 0.2) is 8.32 Å². The number of carbonyl (C=O) groups excluding carboxylic acids is 1. The van der Waals surface area contributed by atoms with Crippen molar-refractivity contribution >= 4 is 41.4 Å². The average molecular weight is 795 g/mol. The Bertz CT molecular complexity index is 1960. The summed E-state index contributed by atoms with van der Waals surface area (Å²) in [5.74, 6) is 1.09. The molecule has 4 aliphatic rings. The van der Waals surface area contributed by atoms with Crippen LogP contribution in [0.3, 0.4) is 0 Å². The molecule has 1 spiro atoms. The third-order valence-corrected chi connectivity index (χ3v) is 20.1. The normalized spacial score (nSPS) is 26.5. The lowest BCUT2D eigenvalue weighted by atomic mass is 9.65. The molecule has 0 N–H and O–H groups in total. The number of aryl methyl sites for hydroxylation is 1. The number of anilines is 1. The number of nitrogens with zero attached hydrogens (tertiary/aromatic N) is 3. The van der Waals surface area contributed by atoms with E-state index in [2.05, 4.69) is 60.9 Å². The van der Waals surface area contributed by atoms with E-state index >= 15 is 0 Å². The predicted molar refractivity (Wildman–Crippen MR) is 215 cm³/mol. The molecule has 2 heterocycles.